The monoisotopic (exact) mass is 232 g/mol. The van der Waals surface area contributed by atoms with Crippen molar-refractivity contribution >= 4 is 18.3 Å². The Morgan fingerprint density at radius 2 is 1.77 bits per heavy atom. The predicted octanol–water partition coefficient (Wildman–Crippen LogP) is 0.244. The molecule has 0 unspecified atom stereocenters. The van der Waals surface area contributed by atoms with Crippen LogP contribution in [0.2, 0.25) is 0 Å². The average molecular weight is 232 g/mol. The zero-order valence-electron chi connectivity index (χ0n) is 7.69. The molecule has 0 spiro atoms. The smallest absolute Gasteiger partial charge is 0.449 e. The van der Waals surface area contributed by atoms with E-state index in [2.05, 4.69) is 0 Å². The molecule has 0 fully saturated rings. The summed E-state index contributed by atoms with van der Waals surface area (Å²) in [6.45, 7) is -2.73. The molecule has 0 aromatic carbocycles. The summed E-state index contributed by atoms with van der Waals surface area (Å²) in [6.07, 6.45) is 0.0835. The van der Waals surface area contributed by atoms with Crippen LogP contribution in [0.5, 0.6) is 0 Å². The molecular formula is C7H9BF3KS. The van der Waals surface area contributed by atoms with Crippen LogP contribution < -0.4 is 51.4 Å². The molecule has 0 aliphatic rings. The summed E-state index contributed by atoms with van der Waals surface area (Å²) in [5, 5.41) is 0. The predicted molar refractivity (Wildman–Crippen MR) is 46.5 cm³/mol. The fourth-order valence-corrected chi connectivity index (χ4v) is 1.98. The Morgan fingerprint density at radius 1 is 1.23 bits per heavy atom. The minimum absolute atomic E-state index is 0. The quantitative estimate of drug-likeness (QED) is 0.655. The molecule has 0 bridgehead atoms. The van der Waals surface area contributed by atoms with Gasteiger partial charge in [-0.1, -0.05) is 19.3 Å². The molecule has 0 N–H and O–H groups in total. The maximum atomic E-state index is 11.9. The first-order valence-corrected chi connectivity index (χ1v) is 4.61. The van der Waals surface area contributed by atoms with Crippen molar-refractivity contribution in [2.45, 2.75) is 19.7 Å². The van der Waals surface area contributed by atoms with Gasteiger partial charge in [0.05, 0.1) is 0 Å². The largest absolute Gasteiger partial charge is 1.00 e. The summed E-state index contributed by atoms with van der Waals surface area (Å²) in [4.78, 5) is 1.45. The van der Waals surface area contributed by atoms with Gasteiger partial charge in [0.2, 0.25) is 0 Å². The number of hydrogen-bond acceptors (Lipinski definition) is 1. The zero-order valence-corrected chi connectivity index (χ0v) is 11.6. The molecule has 1 rings (SSSR count). The topological polar surface area (TPSA) is 0 Å². The van der Waals surface area contributed by atoms with E-state index in [0.717, 1.165) is 11.3 Å². The van der Waals surface area contributed by atoms with Crippen LogP contribution in [0.3, 0.4) is 0 Å². The van der Waals surface area contributed by atoms with E-state index in [0.29, 0.717) is 4.88 Å². The van der Waals surface area contributed by atoms with Gasteiger partial charge in [-0.3, -0.25) is 0 Å². The summed E-state index contributed by atoms with van der Waals surface area (Å²) in [6, 6.07) is 3.33. The molecule has 1 aromatic heterocycles. The van der Waals surface area contributed by atoms with Gasteiger partial charge in [-0.2, -0.15) is 0 Å². The maximum absolute atomic E-state index is 11.9. The van der Waals surface area contributed by atoms with Crippen LogP contribution in [-0.4, -0.2) is 6.98 Å². The first-order valence-electron chi connectivity index (χ1n) is 3.80. The Labute approximate surface area is 122 Å². The Balaban J connectivity index is 0.00000144. The molecule has 13 heavy (non-hydrogen) atoms. The molecule has 0 saturated carbocycles. The molecule has 0 atom stereocenters. The van der Waals surface area contributed by atoms with Crippen LogP contribution in [-0.2, 0) is 12.7 Å². The van der Waals surface area contributed by atoms with E-state index in [9.17, 15) is 12.9 Å². The van der Waals surface area contributed by atoms with Gasteiger partial charge < -0.3 is 12.9 Å². The Kier molecular flexibility index (Phi) is 6.47. The third-order valence-corrected chi connectivity index (χ3v) is 2.75. The molecule has 0 amide bonds. The molecule has 68 valence electrons. The van der Waals surface area contributed by atoms with Gasteiger partial charge in [0.15, 0.2) is 0 Å². The molecule has 0 aliphatic heterocycles. The van der Waals surface area contributed by atoms with Crippen molar-refractivity contribution in [1.82, 2.24) is 0 Å². The van der Waals surface area contributed by atoms with Gasteiger partial charge in [-0.25, -0.2) is 0 Å². The number of thiophene rings is 1. The van der Waals surface area contributed by atoms with Crippen LogP contribution in [0.15, 0.2) is 12.1 Å². The van der Waals surface area contributed by atoms with Gasteiger partial charge in [0.25, 0.3) is 0 Å². The SMILES string of the molecule is CCc1ccc(C[B-](F)(F)F)s1.[K+]. The normalized spacial score (nSPS) is 11.1. The first-order chi connectivity index (χ1) is 5.51. The van der Waals surface area contributed by atoms with E-state index in [1.54, 1.807) is 12.1 Å². The molecule has 0 aliphatic carbocycles. The standard InChI is InChI=1S/C7H9BF3S.K/c1-2-6-3-4-7(12-6)5-8(9,10)11;/h3-4H,2,5H2,1H3;/q-1;+1. The summed E-state index contributed by atoms with van der Waals surface area (Å²) < 4.78 is 35.8. The summed E-state index contributed by atoms with van der Waals surface area (Å²) >= 11 is 1.26. The third kappa shape index (κ3) is 5.59. The fourth-order valence-electron chi connectivity index (χ4n) is 0.950. The Morgan fingerprint density at radius 3 is 2.15 bits per heavy atom. The molecule has 1 aromatic rings. The van der Waals surface area contributed by atoms with Crippen molar-refractivity contribution in [2.75, 3.05) is 0 Å². The van der Waals surface area contributed by atoms with Crippen molar-refractivity contribution in [3.05, 3.63) is 21.9 Å². The van der Waals surface area contributed by atoms with E-state index in [1.165, 1.54) is 11.3 Å². The van der Waals surface area contributed by atoms with E-state index < -0.39 is 13.3 Å². The molecule has 0 nitrogen and oxygen atoms in total. The zero-order chi connectivity index (χ0) is 9.19. The molecule has 6 heteroatoms. The van der Waals surface area contributed by atoms with E-state index in [-0.39, 0.29) is 51.4 Å². The Hall–Kier alpha value is 1.19. The summed E-state index contributed by atoms with van der Waals surface area (Å²) in [5.74, 6) is 0. The molecular weight excluding hydrogens is 223 g/mol. The number of aryl methyl sites for hydroxylation is 1. The first kappa shape index (κ1) is 14.2. The molecule has 1 heterocycles. The van der Waals surface area contributed by atoms with Crippen LogP contribution in [0, 0.1) is 0 Å². The van der Waals surface area contributed by atoms with Gasteiger partial charge in [0.1, 0.15) is 0 Å². The van der Waals surface area contributed by atoms with E-state index in [1.807, 2.05) is 6.92 Å². The second kappa shape index (κ2) is 5.92. The maximum Gasteiger partial charge on any atom is 1.00 e. The summed E-state index contributed by atoms with van der Waals surface area (Å²) in [7, 11) is 0. The van der Waals surface area contributed by atoms with Crippen LogP contribution in [0.4, 0.5) is 12.9 Å². The van der Waals surface area contributed by atoms with Crippen molar-refractivity contribution in [1.29, 1.82) is 0 Å². The van der Waals surface area contributed by atoms with E-state index >= 15 is 0 Å². The second-order valence-corrected chi connectivity index (χ2v) is 3.89. The molecule has 0 radical (unpaired) electrons. The van der Waals surface area contributed by atoms with Crippen molar-refractivity contribution in [3.8, 4) is 0 Å². The minimum Gasteiger partial charge on any atom is -0.449 e. The van der Waals surface area contributed by atoms with Gasteiger partial charge in [-0.15, -0.1) is 11.3 Å². The Bertz CT molecular complexity index is 258. The second-order valence-electron chi connectivity index (χ2n) is 2.64. The molecule has 0 saturated heterocycles. The van der Waals surface area contributed by atoms with Crippen molar-refractivity contribution < 1.29 is 64.3 Å². The van der Waals surface area contributed by atoms with Gasteiger partial charge >= 0.3 is 58.4 Å². The average Bonchev–Trinajstić information content (AvgIpc) is 2.32. The number of hydrogen-bond donors (Lipinski definition) is 0. The number of rotatable bonds is 3. The van der Waals surface area contributed by atoms with Crippen LogP contribution in [0.1, 0.15) is 16.7 Å². The van der Waals surface area contributed by atoms with Crippen molar-refractivity contribution in [2.24, 2.45) is 0 Å². The van der Waals surface area contributed by atoms with E-state index in [4.69, 9.17) is 0 Å². The summed E-state index contributed by atoms with van der Waals surface area (Å²) in [5.41, 5.74) is 0. The van der Waals surface area contributed by atoms with Crippen molar-refractivity contribution in [3.63, 3.8) is 0 Å². The van der Waals surface area contributed by atoms with Crippen LogP contribution in [0.25, 0.3) is 0 Å². The van der Waals surface area contributed by atoms with Gasteiger partial charge in [0, 0.05) is 4.88 Å². The van der Waals surface area contributed by atoms with Crippen LogP contribution >= 0.6 is 11.3 Å². The van der Waals surface area contributed by atoms with Gasteiger partial charge in [-0.05, 0) is 17.4 Å². The third-order valence-electron chi connectivity index (χ3n) is 1.50. The number of halogens is 3. The minimum atomic E-state index is -4.66. The fraction of sp³-hybridized carbons (Fsp3) is 0.429.